The first kappa shape index (κ1) is 25.5. The summed E-state index contributed by atoms with van der Waals surface area (Å²) in [5.74, 6) is -0.0602. The molecule has 0 aliphatic rings. The highest BCUT2D eigenvalue weighted by Gasteiger charge is 2.32. The lowest BCUT2D eigenvalue weighted by atomic mass is 10.2. The molecular formula is C22H27F3N2O4S. The van der Waals surface area contributed by atoms with Gasteiger partial charge < -0.3 is 14.4 Å². The van der Waals surface area contributed by atoms with Crippen LogP contribution in [0.5, 0.6) is 5.75 Å². The lowest BCUT2D eigenvalue weighted by Crippen LogP contribution is -2.43. The molecule has 0 unspecified atom stereocenters. The first-order valence-electron chi connectivity index (χ1n) is 10.2. The van der Waals surface area contributed by atoms with E-state index in [2.05, 4.69) is 5.32 Å². The van der Waals surface area contributed by atoms with E-state index >= 15 is 0 Å². The molecule has 0 aromatic heterocycles. The second-order valence-electron chi connectivity index (χ2n) is 7.52. The van der Waals surface area contributed by atoms with E-state index in [1.165, 1.54) is 12.1 Å². The van der Waals surface area contributed by atoms with Crippen molar-refractivity contribution < 1.29 is 30.6 Å². The first-order chi connectivity index (χ1) is 14.9. The minimum absolute atomic E-state index is 0.0602. The Bertz CT molecular complexity index is 1020. The molecule has 2 aromatic rings. The van der Waals surface area contributed by atoms with Crippen LogP contribution in [0.15, 0.2) is 53.4 Å². The Labute approximate surface area is 186 Å². The Morgan fingerprint density at radius 2 is 1.81 bits per heavy atom. The molecule has 0 aliphatic carbocycles. The molecule has 32 heavy (non-hydrogen) atoms. The molecule has 0 heterocycles. The SMILES string of the molecule is CCCCNC(=O)N(Cc1cccc(OS(=O)(=O)c2cccc(C(F)(F)F)c2)c1)C(C)C. The second-order valence-corrected chi connectivity index (χ2v) is 9.06. The Kier molecular flexibility index (Phi) is 8.54. The van der Waals surface area contributed by atoms with Gasteiger partial charge in [0.2, 0.25) is 0 Å². The highest BCUT2D eigenvalue weighted by Crippen LogP contribution is 2.31. The number of unbranched alkanes of at least 4 members (excludes halogenated alkanes) is 1. The molecule has 2 rings (SSSR count). The number of rotatable bonds is 9. The minimum atomic E-state index is -4.68. The van der Waals surface area contributed by atoms with Gasteiger partial charge in [-0.05, 0) is 56.2 Å². The van der Waals surface area contributed by atoms with Gasteiger partial charge >= 0.3 is 22.3 Å². The average molecular weight is 473 g/mol. The first-order valence-corrected chi connectivity index (χ1v) is 11.6. The monoisotopic (exact) mass is 472 g/mol. The van der Waals surface area contributed by atoms with Crippen molar-refractivity contribution in [3.05, 3.63) is 59.7 Å². The van der Waals surface area contributed by atoms with Crippen LogP contribution in [0.4, 0.5) is 18.0 Å². The highest BCUT2D eigenvalue weighted by atomic mass is 32.2. The smallest absolute Gasteiger partial charge is 0.379 e. The summed E-state index contributed by atoms with van der Waals surface area (Å²) >= 11 is 0. The summed E-state index contributed by atoms with van der Waals surface area (Å²) in [6.45, 7) is 6.49. The Morgan fingerprint density at radius 1 is 1.12 bits per heavy atom. The number of halogens is 3. The molecule has 0 atom stereocenters. The predicted molar refractivity (Wildman–Crippen MR) is 115 cm³/mol. The van der Waals surface area contributed by atoms with E-state index in [0.717, 1.165) is 31.0 Å². The number of nitrogens with zero attached hydrogens (tertiary/aromatic N) is 1. The van der Waals surface area contributed by atoms with Gasteiger partial charge in [-0.25, -0.2) is 4.79 Å². The molecule has 0 saturated heterocycles. The van der Waals surface area contributed by atoms with Crippen LogP contribution in [-0.4, -0.2) is 31.9 Å². The van der Waals surface area contributed by atoms with Crippen LogP contribution in [0.1, 0.15) is 44.7 Å². The third-order valence-corrected chi connectivity index (χ3v) is 5.84. The molecular weight excluding hydrogens is 445 g/mol. The van der Waals surface area contributed by atoms with Gasteiger partial charge in [-0.3, -0.25) is 0 Å². The van der Waals surface area contributed by atoms with Crippen LogP contribution in [0.25, 0.3) is 0 Å². The third kappa shape index (κ3) is 7.15. The molecule has 0 fully saturated rings. The van der Waals surface area contributed by atoms with Crippen molar-refractivity contribution in [2.75, 3.05) is 6.54 Å². The molecule has 2 aromatic carbocycles. The van der Waals surface area contributed by atoms with Crippen LogP contribution < -0.4 is 9.50 Å². The van der Waals surface area contributed by atoms with Crippen molar-refractivity contribution in [1.82, 2.24) is 10.2 Å². The maximum absolute atomic E-state index is 12.9. The van der Waals surface area contributed by atoms with Gasteiger partial charge in [0.05, 0.1) is 5.56 Å². The molecule has 0 radical (unpaired) electrons. The average Bonchev–Trinajstić information content (AvgIpc) is 2.71. The van der Waals surface area contributed by atoms with Crippen molar-refractivity contribution in [2.45, 2.75) is 57.3 Å². The van der Waals surface area contributed by atoms with Gasteiger partial charge in [-0.15, -0.1) is 0 Å². The highest BCUT2D eigenvalue weighted by molar-refractivity contribution is 7.87. The summed E-state index contributed by atoms with van der Waals surface area (Å²) in [6, 6.07) is 9.09. The largest absolute Gasteiger partial charge is 0.416 e. The second kappa shape index (κ2) is 10.7. The number of hydrogen-bond donors (Lipinski definition) is 1. The zero-order valence-electron chi connectivity index (χ0n) is 18.1. The summed E-state index contributed by atoms with van der Waals surface area (Å²) in [7, 11) is -4.48. The molecule has 0 aliphatic heterocycles. The maximum atomic E-state index is 12.9. The quantitative estimate of drug-likeness (QED) is 0.402. The van der Waals surface area contributed by atoms with Crippen molar-refractivity contribution in [3.8, 4) is 5.75 Å². The van der Waals surface area contributed by atoms with Gasteiger partial charge in [0.25, 0.3) is 0 Å². The van der Waals surface area contributed by atoms with Gasteiger partial charge in [0.15, 0.2) is 0 Å². The number of alkyl halides is 3. The maximum Gasteiger partial charge on any atom is 0.416 e. The molecule has 176 valence electrons. The van der Waals surface area contributed by atoms with Crippen molar-refractivity contribution >= 4 is 16.1 Å². The number of urea groups is 1. The van der Waals surface area contributed by atoms with Crippen LogP contribution >= 0.6 is 0 Å². The van der Waals surface area contributed by atoms with E-state index in [9.17, 15) is 26.4 Å². The van der Waals surface area contributed by atoms with E-state index in [1.54, 1.807) is 17.0 Å². The molecule has 10 heteroatoms. The molecule has 0 saturated carbocycles. The number of carbonyl (C=O) groups excluding carboxylic acids is 1. The third-order valence-electron chi connectivity index (χ3n) is 4.60. The number of nitrogens with one attached hydrogen (secondary N) is 1. The fourth-order valence-corrected chi connectivity index (χ4v) is 3.83. The summed E-state index contributed by atoms with van der Waals surface area (Å²) in [6.07, 6.45) is -2.88. The summed E-state index contributed by atoms with van der Waals surface area (Å²) in [4.78, 5) is 13.5. The van der Waals surface area contributed by atoms with Gasteiger partial charge in [-0.1, -0.05) is 31.5 Å². The van der Waals surface area contributed by atoms with E-state index in [1.807, 2.05) is 20.8 Å². The predicted octanol–water partition coefficient (Wildman–Crippen LogP) is 5.19. The Morgan fingerprint density at radius 3 is 2.44 bits per heavy atom. The summed E-state index contributed by atoms with van der Waals surface area (Å²) in [5.41, 5.74) is -0.473. The van der Waals surface area contributed by atoms with Crippen LogP contribution in [-0.2, 0) is 22.8 Å². The van der Waals surface area contributed by atoms with Gasteiger partial charge in [0.1, 0.15) is 10.6 Å². The van der Waals surface area contributed by atoms with Gasteiger partial charge in [-0.2, -0.15) is 21.6 Å². The minimum Gasteiger partial charge on any atom is -0.379 e. The number of carbonyl (C=O) groups is 1. The topological polar surface area (TPSA) is 75.7 Å². The van der Waals surface area contributed by atoms with Crippen LogP contribution in [0.3, 0.4) is 0 Å². The zero-order chi connectivity index (χ0) is 23.9. The van der Waals surface area contributed by atoms with Crippen molar-refractivity contribution in [2.24, 2.45) is 0 Å². The molecule has 1 N–H and O–H groups in total. The van der Waals surface area contributed by atoms with Gasteiger partial charge in [0, 0.05) is 19.1 Å². The Hall–Kier alpha value is -2.75. The molecule has 0 spiro atoms. The normalized spacial score (nSPS) is 12.0. The van der Waals surface area contributed by atoms with Crippen molar-refractivity contribution in [1.29, 1.82) is 0 Å². The number of hydrogen-bond acceptors (Lipinski definition) is 4. The molecule has 2 amide bonds. The fraction of sp³-hybridized carbons (Fsp3) is 0.409. The molecule has 6 nitrogen and oxygen atoms in total. The lowest BCUT2D eigenvalue weighted by Gasteiger charge is -2.27. The van der Waals surface area contributed by atoms with E-state index in [-0.39, 0.29) is 24.4 Å². The number of benzene rings is 2. The van der Waals surface area contributed by atoms with Crippen LogP contribution in [0.2, 0.25) is 0 Å². The molecule has 0 bridgehead atoms. The lowest BCUT2D eigenvalue weighted by molar-refractivity contribution is -0.137. The number of amides is 2. The van der Waals surface area contributed by atoms with Crippen molar-refractivity contribution in [3.63, 3.8) is 0 Å². The fourth-order valence-electron chi connectivity index (χ4n) is 2.86. The van der Waals surface area contributed by atoms with E-state index in [0.29, 0.717) is 18.2 Å². The standard InChI is InChI=1S/C22H27F3N2O4S/c1-4-5-12-26-21(28)27(16(2)3)15-17-8-6-10-19(13-17)31-32(29,30)20-11-7-9-18(14-20)22(23,24)25/h6-11,13-14,16H,4-5,12,15H2,1-3H3,(H,26,28). The van der Waals surface area contributed by atoms with E-state index in [4.69, 9.17) is 4.18 Å². The van der Waals surface area contributed by atoms with Crippen LogP contribution in [0, 0.1) is 0 Å². The van der Waals surface area contributed by atoms with E-state index < -0.39 is 26.8 Å². The zero-order valence-corrected chi connectivity index (χ0v) is 19.0. The summed E-state index contributed by atoms with van der Waals surface area (Å²) < 4.78 is 68.8. The summed E-state index contributed by atoms with van der Waals surface area (Å²) in [5, 5.41) is 2.85. The Balaban J connectivity index is 2.19.